The average molecular weight is 635 g/mol. The first-order chi connectivity index (χ1) is 22.4. The molecule has 1 fully saturated rings. The summed E-state index contributed by atoms with van der Waals surface area (Å²) in [6.07, 6.45) is 5.26. The maximum Gasteiger partial charge on any atom is 0.282 e. The Morgan fingerprint density at radius 1 is 0.979 bits per heavy atom. The highest BCUT2D eigenvalue weighted by Gasteiger charge is 2.28. The van der Waals surface area contributed by atoms with Crippen molar-refractivity contribution in [3.8, 4) is 16.8 Å². The molecule has 3 aromatic heterocycles. The SMILES string of the molecule is CN1CCC[C@@H]1c1ccc(Nc2cc3c(n(C)c2=O)CC(O)Cc2c-3cccc2-n2ncc3cc(C(C)(C)C)cc(F)c3c2=O)nc1. The number of aromatic nitrogens is 4. The van der Waals surface area contributed by atoms with Crippen LogP contribution >= 0.6 is 0 Å². The molecule has 2 N–H and O–H groups in total. The Morgan fingerprint density at radius 2 is 1.79 bits per heavy atom. The van der Waals surface area contributed by atoms with Crippen molar-refractivity contribution in [2.24, 2.45) is 7.05 Å². The fourth-order valence-corrected chi connectivity index (χ4v) is 7.10. The Labute approximate surface area is 272 Å². The molecule has 1 aliphatic heterocycles. The molecule has 1 aliphatic carbocycles. The summed E-state index contributed by atoms with van der Waals surface area (Å²) in [6, 6.07) is 14.8. The molecular formula is C37H39FN6O3. The normalized spacial score (nSPS) is 18.2. The predicted octanol–water partition coefficient (Wildman–Crippen LogP) is 5.55. The molecule has 0 bridgehead atoms. The first-order valence-corrected chi connectivity index (χ1v) is 16.1. The largest absolute Gasteiger partial charge is 0.392 e. The van der Waals surface area contributed by atoms with Crippen molar-refractivity contribution in [2.45, 2.75) is 64.0 Å². The van der Waals surface area contributed by atoms with E-state index < -0.39 is 17.5 Å². The first-order valence-electron chi connectivity index (χ1n) is 16.1. The van der Waals surface area contributed by atoms with E-state index in [0.717, 1.165) is 41.6 Å². The molecule has 242 valence electrons. The monoisotopic (exact) mass is 634 g/mol. The Hall–Kier alpha value is -4.67. The zero-order valence-corrected chi connectivity index (χ0v) is 27.3. The molecule has 10 heteroatoms. The molecule has 9 nitrogen and oxygen atoms in total. The zero-order valence-electron chi connectivity index (χ0n) is 27.3. The molecule has 7 rings (SSSR count). The van der Waals surface area contributed by atoms with Crippen molar-refractivity contribution in [1.29, 1.82) is 0 Å². The Bertz CT molecular complexity index is 2150. The second-order valence-corrected chi connectivity index (χ2v) is 13.9. The second kappa shape index (κ2) is 11.5. The molecule has 2 aromatic carbocycles. The topological polar surface area (TPSA) is 105 Å². The van der Waals surface area contributed by atoms with E-state index in [2.05, 4.69) is 33.4 Å². The van der Waals surface area contributed by atoms with Crippen molar-refractivity contribution in [2.75, 3.05) is 18.9 Å². The van der Waals surface area contributed by atoms with Crippen LogP contribution in [-0.4, -0.2) is 49.0 Å². The van der Waals surface area contributed by atoms with Gasteiger partial charge in [-0.3, -0.25) is 14.5 Å². The van der Waals surface area contributed by atoms with Gasteiger partial charge in [-0.15, -0.1) is 0 Å². The molecule has 0 spiro atoms. The van der Waals surface area contributed by atoms with E-state index in [1.165, 1.54) is 16.9 Å². The maximum atomic E-state index is 15.5. The van der Waals surface area contributed by atoms with Crippen LogP contribution < -0.4 is 16.4 Å². The summed E-state index contributed by atoms with van der Waals surface area (Å²) < 4.78 is 18.3. The molecule has 1 unspecified atom stereocenters. The number of pyridine rings is 2. The highest BCUT2D eigenvalue weighted by atomic mass is 19.1. The minimum absolute atomic E-state index is 0.0350. The number of rotatable bonds is 4. The van der Waals surface area contributed by atoms with Crippen LogP contribution in [0.2, 0.25) is 0 Å². The van der Waals surface area contributed by atoms with E-state index in [1.807, 2.05) is 51.2 Å². The van der Waals surface area contributed by atoms with Gasteiger partial charge in [-0.2, -0.15) is 9.78 Å². The molecule has 2 atom stereocenters. The third-order valence-electron chi connectivity index (χ3n) is 9.74. The Kier molecular flexibility index (Phi) is 7.60. The van der Waals surface area contributed by atoms with Crippen LogP contribution in [0.5, 0.6) is 0 Å². The maximum absolute atomic E-state index is 15.5. The van der Waals surface area contributed by atoms with Crippen molar-refractivity contribution in [3.63, 3.8) is 0 Å². The summed E-state index contributed by atoms with van der Waals surface area (Å²) in [5.74, 6) is -0.0405. The summed E-state index contributed by atoms with van der Waals surface area (Å²) in [7, 11) is 3.82. The standard InChI is InChI=1S/C37H39FN6O3/c1-37(2,3)23-14-22-20-40-44(36(47)34(22)28(38)15-23)31-9-6-8-25-26(31)16-24(45)17-32-27(25)18-29(35(46)43(32)5)41-33-12-11-21(19-39-33)30-10-7-13-42(30)4/h6,8-9,11-12,14-15,18-20,24,30,45H,7,10,13,16-17H2,1-5H3,(H,39,41)/t24?,30-/m1/s1. The van der Waals surface area contributed by atoms with Crippen LogP contribution in [0.4, 0.5) is 15.9 Å². The van der Waals surface area contributed by atoms with Crippen LogP contribution in [0, 0.1) is 5.82 Å². The van der Waals surface area contributed by atoms with E-state index in [9.17, 15) is 14.7 Å². The number of hydrogen-bond donors (Lipinski definition) is 2. The second-order valence-electron chi connectivity index (χ2n) is 13.9. The number of hydrogen-bond acceptors (Lipinski definition) is 7. The van der Waals surface area contributed by atoms with Crippen molar-refractivity contribution in [3.05, 3.63) is 110 Å². The van der Waals surface area contributed by atoms with Gasteiger partial charge < -0.3 is 15.0 Å². The van der Waals surface area contributed by atoms with Crippen LogP contribution in [0.25, 0.3) is 27.6 Å². The number of nitrogens with zero attached hydrogens (tertiary/aromatic N) is 5. The van der Waals surface area contributed by atoms with E-state index in [-0.39, 0.29) is 29.2 Å². The van der Waals surface area contributed by atoms with E-state index >= 15 is 4.39 Å². The smallest absolute Gasteiger partial charge is 0.282 e. The number of likely N-dealkylation sites (tertiary alicyclic amines) is 1. The van der Waals surface area contributed by atoms with Crippen LogP contribution in [-0.2, 0) is 25.3 Å². The highest BCUT2D eigenvalue weighted by Crippen LogP contribution is 2.37. The molecule has 0 radical (unpaired) electrons. The predicted molar refractivity (Wildman–Crippen MR) is 182 cm³/mol. The summed E-state index contributed by atoms with van der Waals surface area (Å²) in [5.41, 5.74) is 4.48. The Morgan fingerprint density at radius 3 is 2.49 bits per heavy atom. The average Bonchev–Trinajstić information content (AvgIpc) is 3.40. The quantitative estimate of drug-likeness (QED) is 0.267. The molecule has 1 saturated heterocycles. The van der Waals surface area contributed by atoms with Gasteiger partial charge in [-0.05, 0) is 84.4 Å². The third-order valence-corrected chi connectivity index (χ3v) is 9.74. The van der Waals surface area contributed by atoms with Gasteiger partial charge in [0, 0.05) is 48.8 Å². The highest BCUT2D eigenvalue weighted by molar-refractivity contribution is 5.83. The molecule has 0 amide bonds. The lowest BCUT2D eigenvalue weighted by molar-refractivity contribution is 0.174. The van der Waals surface area contributed by atoms with Gasteiger partial charge in [0.2, 0.25) is 0 Å². The molecule has 5 aromatic rings. The molecule has 47 heavy (non-hydrogen) atoms. The molecule has 4 heterocycles. The summed E-state index contributed by atoms with van der Waals surface area (Å²) >= 11 is 0. The number of benzene rings is 2. The van der Waals surface area contributed by atoms with Gasteiger partial charge >= 0.3 is 0 Å². The molecular weight excluding hydrogens is 595 g/mol. The van der Waals surface area contributed by atoms with Gasteiger partial charge in [-0.1, -0.05) is 39.0 Å². The summed E-state index contributed by atoms with van der Waals surface area (Å²) in [5, 5.41) is 19.3. The number of aliphatic hydroxyl groups excluding tert-OH is 1. The fraction of sp³-hybridized carbons (Fsp3) is 0.351. The van der Waals surface area contributed by atoms with Gasteiger partial charge in [0.05, 0.1) is 23.4 Å². The lowest BCUT2D eigenvalue weighted by atomic mass is 9.86. The number of halogens is 1. The van der Waals surface area contributed by atoms with Crippen molar-refractivity contribution >= 4 is 22.3 Å². The van der Waals surface area contributed by atoms with Crippen LogP contribution in [0.1, 0.15) is 62.0 Å². The molecule has 0 saturated carbocycles. The van der Waals surface area contributed by atoms with Crippen LogP contribution in [0.15, 0.2) is 70.5 Å². The van der Waals surface area contributed by atoms with E-state index in [4.69, 9.17) is 0 Å². The first kappa shape index (κ1) is 31.0. The van der Waals surface area contributed by atoms with E-state index in [1.54, 1.807) is 23.7 Å². The third kappa shape index (κ3) is 5.45. The van der Waals surface area contributed by atoms with Gasteiger partial charge in [-0.25, -0.2) is 9.37 Å². The fourth-order valence-electron chi connectivity index (χ4n) is 7.10. The minimum Gasteiger partial charge on any atom is -0.392 e. The lowest BCUT2D eigenvalue weighted by Gasteiger charge is -2.20. The van der Waals surface area contributed by atoms with Crippen molar-refractivity contribution < 1.29 is 9.50 Å². The summed E-state index contributed by atoms with van der Waals surface area (Å²) in [6.45, 7) is 7.03. The zero-order chi connectivity index (χ0) is 33.2. The van der Waals surface area contributed by atoms with E-state index in [0.29, 0.717) is 39.9 Å². The molecule has 2 aliphatic rings. The number of aliphatic hydroxyl groups is 1. The van der Waals surface area contributed by atoms with Gasteiger partial charge in [0.25, 0.3) is 11.1 Å². The minimum atomic E-state index is -0.828. The lowest BCUT2D eigenvalue weighted by Crippen LogP contribution is -2.26. The number of nitrogens with one attached hydrogen (secondary N) is 1. The van der Waals surface area contributed by atoms with Crippen molar-refractivity contribution in [1.82, 2.24) is 24.2 Å². The van der Waals surface area contributed by atoms with Gasteiger partial charge in [0.1, 0.15) is 17.3 Å². The number of fused-ring (bicyclic) bond motifs is 4. The van der Waals surface area contributed by atoms with Crippen LogP contribution in [0.3, 0.4) is 0 Å². The van der Waals surface area contributed by atoms with Gasteiger partial charge in [0.15, 0.2) is 0 Å². The summed E-state index contributed by atoms with van der Waals surface area (Å²) in [4.78, 5) is 34.3. The number of anilines is 2. The Balaban J connectivity index is 1.32.